The van der Waals surface area contributed by atoms with Gasteiger partial charge >= 0.3 is 0 Å². The molecule has 0 aliphatic rings. The SMILES string of the molecule is Cc1cc2nc([C@@H](O)CCCc3ccccc3)oc2cc1C. The van der Waals surface area contributed by atoms with E-state index in [1.54, 1.807) is 0 Å². The fraction of sp³-hybridized carbons (Fsp3) is 0.316. The van der Waals surface area contributed by atoms with Gasteiger partial charge in [-0.3, -0.25) is 0 Å². The first-order valence-electron chi connectivity index (χ1n) is 7.73. The van der Waals surface area contributed by atoms with Crippen LogP contribution in [-0.4, -0.2) is 10.1 Å². The van der Waals surface area contributed by atoms with Crippen LogP contribution in [0.25, 0.3) is 11.1 Å². The molecule has 22 heavy (non-hydrogen) atoms. The molecule has 0 aliphatic carbocycles. The third-order valence-electron chi connectivity index (χ3n) is 4.09. The fourth-order valence-corrected chi connectivity index (χ4v) is 2.61. The molecule has 1 N–H and O–H groups in total. The average Bonchev–Trinajstić information content (AvgIpc) is 2.91. The molecule has 1 atom stereocenters. The number of nitrogens with zero attached hydrogens (tertiary/aromatic N) is 1. The Morgan fingerprint density at radius 1 is 1.09 bits per heavy atom. The first kappa shape index (κ1) is 14.8. The Bertz CT molecular complexity index is 723. The molecular formula is C19H21NO2. The summed E-state index contributed by atoms with van der Waals surface area (Å²) in [6.07, 6.45) is 1.87. The lowest BCUT2D eigenvalue weighted by atomic mass is 10.1. The van der Waals surface area contributed by atoms with Crippen LogP contribution in [0.5, 0.6) is 0 Å². The van der Waals surface area contributed by atoms with Gasteiger partial charge in [0.15, 0.2) is 5.58 Å². The molecule has 3 heteroatoms. The molecule has 0 saturated heterocycles. The molecule has 3 nitrogen and oxygen atoms in total. The molecule has 0 unspecified atom stereocenters. The summed E-state index contributed by atoms with van der Waals surface area (Å²) in [7, 11) is 0. The Hall–Kier alpha value is -2.13. The summed E-state index contributed by atoms with van der Waals surface area (Å²) < 4.78 is 5.71. The lowest BCUT2D eigenvalue weighted by Crippen LogP contribution is -1.98. The number of hydrogen-bond acceptors (Lipinski definition) is 3. The second-order valence-electron chi connectivity index (χ2n) is 5.85. The van der Waals surface area contributed by atoms with Crippen molar-refractivity contribution in [3.8, 4) is 0 Å². The molecule has 1 heterocycles. The second-order valence-corrected chi connectivity index (χ2v) is 5.85. The van der Waals surface area contributed by atoms with Gasteiger partial charge in [0.1, 0.15) is 11.6 Å². The van der Waals surface area contributed by atoms with E-state index in [-0.39, 0.29) is 0 Å². The van der Waals surface area contributed by atoms with Gasteiger partial charge in [0.2, 0.25) is 5.89 Å². The highest BCUT2D eigenvalue weighted by Crippen LogP contribution is 2.25. The number of aliphatic hydroxyl groups excluding tert-OH is 1. The molecule has 114 valence electrons. The zero-order chi connectivity index (χ0) is 15.5. The molecule has 2 aromatic carbocycles. The molecule has 0 fully saturated rings. The van der Waals surface area contributed by atoms with E-state index >= 15 is 0 Å². The Labute approximate surface area is 130 Å². The van der Waals surface area contributed by atoms with Gasteiger partial charge in [-0.2, -0.15) is 0 Å². The van der Waals surface area contributed by atoms with E-state index in [4.69, 9.17) is 4.42 Å². The summed E-state index contributed by atoms with van der Waals surface area (Å²) in [6, 6.07) is 14.3. The van der Waals surface area contributed by atoms with Crippen molar-refractivity contribution in [2.45, 2.75) is 39.2 Å². The summed E-state index contributed by atoms with van der Waals surface area (Å²) in [5.74, 6) is 0.424. The van der Waals surface area contributed by atoms with Crippen LogP contribution < -0.4 is 0 Å². The summed E-state index contributed by atoms with van der Waals surface area (Å²) >= 11 is 0. The highest BCUT2D eigenvalue weighted by molar-refractivity contribution is 5.74. The zero-order valence-electron chi connectivity index (χ0n) is 13.0. The largest absolute Gasteiger partial charge is 0.438 e. The summed E-state index contributed by atoms with van der Waals surface area (Å²) in [6.45, 7) is 4.10. The van der Waals surface area contributed by atoms with Gasteiger partial charge in [-0.15, -0.1) is 0 Å². The Kier molecular flexibility index (Phi) is 4.25. The molecule has 0 radical (unpaired) electrons. The molecule has 1 aromatic heterocycles. The number of fused-ring (bicyclic) bond motifs is 1. The van der Waals surface area contributed by atoms with Gasteiger partial charge in [0, 0.05) is 0 Å². The van der Waals surface area contributed by atoms with Crippen molar-refractivity contribution in [3.05, 3.63) is 65.0 Å². The molecule has 0 saturated carbocycles. The van der Waals surface area contributed by atoms with Crippen LogP contribution in [0, 0.1) is 13.8 Å². The molecular weight excluding hydrogens is 274 g/mol. The molecule has 0 bridgehead atoms. The monoisotopic (exact) mass is 295 g/mol. The normalized spacial score (nSPS) is 12.7. The van der Waals surface area contributed by atoms with Crippen LogP contribution in [0.15, 0.2) is 46.9 Å². The van der Waals surface area contributed by atoms with Crippen LogP contribution in [0.4, 0.5) is 0 Å². The lowest BCUT2D eigenvalue weighted by molar-refractivity contribution is 0.134. The van der Waals surface area contributed by atoms with E-state index in [0.29, 0.717) is 12.3 Å². The van der Waals surface area contributed by atoms with Crippen LogP contribution in [0.3, 0.4) is 0 Å². The lowest BCUT2D eigenvalue weighted by Gasteiger charge is -2.06. The zero-order valence-corrected chi connectivity index (χ0v) is 13.0. The maximum atomic E-state index is 10.3. The van der Waals surface area contributed by atoms with E-state index in [0.717, 1.165) is 23.9 Å². The predicted octanol–water partition coefficient (Wildman–Crippen LogP) is 4.50. The van der Waals surface area contributed by atoms with Crippen LogP contribution in [0.1, 0.15) is 41.5 Å². The maximum absolute atomic E-state index is 10.3. The number of aryl methyl sites for hydroxylation is 3. The second kappa shape index (κ2) is 6.32. The minimum atomic E-state index is -0.642. The quantitative estimate of drug-likeness (QED) is 0.753. The maximum Gasteiger partial charge on any atom is 0.224 e. The molecule has 3 aromatic rings. The number of hydrogen-bond donors (Lipinski definition) is 1. The standard InChI is InChI=1S/C19H21NO2/c1-13-11-16-18(12-14(13)2)22-19(20-16)17(21)10-6-9-15-7-4-3-5-8-15/h3-5,7-8,11-12,17,21H,6,9-10H2,1-2H3/t17-/m0/s1. The number of rotatable bonds is 5. The topological polar surface area (TPSA) is 46.3 Å². The number of aromatic nitrogens is 1. The first-order valence-corrected chi connectivity index (χ1v) is 7.73. The molecule has 0 aliphatic heterocycles. The van der Waals surface area contributed by atoms with Gasteiger partial charge in [-0.1, -0.05) is 30.3 Å². The number of aliphatic hydroxyl groups is 1. The van der Waals surface area contributed by atoms with Crippen molar-refractivity contribution in [2.24, 2.45) is 0 Å². The highest BCUT2D eigenvalue weighted by Gasteiger charge is 2.15. The Morgan fingerprint density at radius 3 is 2.59 bits per heavy atom. The van der Waals surface area contributed by atoms with Crippen molar-refractivity contribution in [1.29, 1.82) is 0 Å². The van der Waals surface area contributed by atoms with Crippen LogP contribution in [0.2, 0.25) is 0 Å². The summed E-state index contributed by atoms with van der Waals surface area (Å²) in [5, 5.41) is 10.3. The summed E-state index contributed by atoms with van der Waals surface area (Å²) in [4.78, 5) is 4.42. The van der Waals surface area contributed by atoms with Crippen molar-refractivity contribution in [2.75, 3.05) is 0 Å². The van der Waals surface area contributed by atoms with Gasteiger partial charge in [-0.25, -0.2) is 4.98 Å². The van der Waals surface area contributed by atoms with Crippen molar-refractivity contribution < 1.29 is 9.52 Å². The van der Waals surface area contributed by atoms with Crippen molar-refractivity contribution in [3.63, 3.8) is 0 Å². The van der Waals surface area contributed by atoms with Crippen molar-refractivity contribution >= 4 is 11.1 Å². The minimum Gasteiger partial charge on any atom is -0.438 e. The number of oxazole rings is 1. The Balaban J connectivity index is 1.66. The molecule has 3 rings (SSSR count). The van der Waals surface area contributed by atoms with E-state index < -0.39 is 6.10 Å². The third-order valence-corrected chi connectivity index (χ3v) is 4.09. The van der Waals surface area contributed by atoms with Crippen molar-refractivity contribution in [1.82, 2.24) is 4.98 Å². The Morgan fingerprint density at radius 2 is 1.82 bits per heavy atom. The van der Waals surface area contributed by atoms with Gasteiger partial charge < -0.3 is 9.52 Å². The van der Waals surface area contributed by atoms with E-state index in [1.165, 1.54) is 16.7 Å². The highest BCUT2D eigenvalue weighted by atomic mass is 16.4. The first-order chi connectivity index (χ1) is 10.6. The van der Waals surface area contributed by atoms with Crippen LogP contribution in [-0.2, 0) is 6.42 Å². The van der Waals surface area contributed by atoms with Gasteiger partial charge in [0.25, 0.3) is 0 Å². The number of benzene rings is 2. The van der Waals surface area contributed by atoms with E-state index in [1.807, 2.05) is 37.3 Å². The molecule has 0 amide bonds. The van der Waals surface area contributed by atoms with Crippen LogP contribution >= 0.6 is 0 Å². The van der Waals surface area contributed by atoms with E-state index in [2.05, 4.69) is 24.0 Å². The third kappa shape index (κ3) is 3.20. The fourth-order valence-electron chi connectivity index (χ4n) is 2.61. The molecule has 0 spiro atoms. The summed E-state index contributed by atoms with van der Waals surface area (Å²) in [5.41, 5.74) is 5.22. The predicted molar refractivity (Wildman–Crippen MR) is 87.8 cm³/mol. The van der Waals surface area contributed by atoms with Gasteiger partial charge in [0.05, 0.1) is 0 Å². The minimum absolute atomic E-state index is 0.424. The van der Waals surface area contributed by atoms with E-state index in [9.17, 15) is 5.11 Å². The van der Waals surface area contributed by atoms with Gasteiger partial charge in [-0.05, 0) is 61.9 Å². The smallest absolute Gasteiger partial charge is 0.224 e. The average molecular weight is 295 g/mol.